The Balaban J connectivity index is 2.13. The average molecular weight is 372 g/mol. The molecule has 3 atom stereocenters. The minimum absolute atomic E-state index is 0.258. The number of urea groups is 1. The number of aliphatic carboxylic acids is 1. The lowest BCUT2D eigenvalue weighted by molar-refractivity contribution is -0.187. The minimum atomic E-state index is -4.66. The van der Waals surface area contributed by atoms with Crippen LogP contribution < -0.4 is 5.32 Å². The van der Waals surface area contributed by atoms with E-state index in [1.807, 2.05) is 44.2 Å². The van der Waals surface area contributed by atoms with Gasteiger partial charge in [0, 0.05) is 13.1 Å². The van der Waals surface area contributed by atoms with Crippen molar-refractivity contribution < 1.29 is 27.9 Å². The highest BCUT2D eigenvalue weighted by Crippen LogP contribution is 2.38. The monoisotopic (exact) mass is 372 g/mol. The molecule has 1 heterocycles. The summed E-state index contributed by atoms with van der Waals surface area (Å²) in [5, 5.41) is 11.8. The lowest BCUT2D eigenvalue weighted by Gasteiger charge is -2.25. The summed E-state index contributed by atoms with van der Waals surface area (Å²) >= 11 is 0. The van der Waals surface area contributed by atoms with Crippen LogP contribution in [0.25, 0.3) is 0 Å². The van der Waals surface area contributed by atoms with E-state index in [1.54, 1.807) is 0 Å². The number of hydrogen-bond acceptors (Lipinski definition) is 2. The molecule has 1 fully saturated rings. The van der Waals surface area contributed by atoms with Crippen molar-refractivity contribution >= 4 is 12.0 Å². The van der Waals surface area contributed by atoms with E-state index in [-0.39, 0.29) is 12.0 Å². The molecule has 26 heavy (non-hydrogen) atoms. The largest absolute Gasteiger partial charge is 0.481 e. The van der Waals surface area contributed by atoms with Crippen LogP contribution in [0, 0.1) is 17.8 Å². The maximum Gasteiger partial charge on any atom is 0.394 e. The Bertz CT molecular complexity index is 634. The summed E-state index contributed by atoms with van der Waals surface area (Å²) in [5.74, 6) is -4.97. The topological polar surface area (TPSA) is 69.6 Å². The molecule has 1 aliphatic rings. The molecule has 0 spiro atoms. The highest BCUT2D eigenvalue weighted by atomic mass is 19.4. The first-order chi connectivity index (χ1) is 12.1. The van der Waals surface area contributed by atoms with Crippen molar-refractivity contribution in [2.24, 2.45) is 17.8 Å². The van der Waals surface area contributed by atoms with Gasteiger partial charge in [0.05, 0.1) is 17.9 Å². The van der Waals surface area contributed by atoms with Gasteiger partial charge in [-0.15, -0.1) is 0 Å². The molecule has 1 aromatic rings. The number of carboxylic acids is 1. The first kappa shape index (κ1) is 20.1. The zero-order chi connectivity index (χ0) is 19.5. The van der Waals surface area contributed by atoms with Crippen LogP contribution in [0.15, 0.2) is 30.3 Å². The predicted octanol–water partition coefficient (Wildman–Crippen LogP) is 3.68. The van der Waals surface area contributed by atoms with Gasteiger partial charge in [-0.1, -0.05) is 44.2 Å². The van der Waals surface area contributed by atoms with Gasteiger partial charge in [-0.3, -0.25) is 4.79 Å². The van der Waals surface area contributed by atoms with Crippen molar-refractivity contribution in [3.05, 3.63) is 35.9 Å². The number of rotatable bonds is 5. The maximum atomic E-state index is 13.1. The SMILES string of the molecule is CC(C)CC(NC(=O)N1C[C@@H](C(F)(F)F)[C@H](C(=O)O)C1)c1ccccc1. The van der Waals surface area contributed by atoms with Gasteiger partial charge in [0.25, 0.3) is 0 Å². The van der Waals surface area contributed by atoms with Crippen LogP contribution in [-0.2, 0) is 4.79 Å². The van der Waals surface area contributed by atoms with Crippen LogP contribution in [0.2, 0.25) is 0 Å². The minimum Gasteiger partial charge on any atom is -0.481 e. The van der Waals surface area contributed by atoms with E-state index in [0.717, 1.165) is 10.5 Å². The fourth-order valence-electron chi connectivity index (χ4n) is 3.23. The molecule has 1 saturated heterocycles. The molecule has 2 rings (SSSR count). The van der Waals surface area contributed by atoms with Crippen LogP contribution in [0.3, 0.4) is 0 Å². The standard InChI is InChI=1S/C18H23F3N2O3/c1-11(2)8-15(12-6-4-3-5-7-12)22-17(26)23-9-13(16(24)25)14(10-23)18(19,20)21/h3-7,11,13-15H,8-10H2,1-2H3,(H,22,26)(H,24,25)/t13-,14-,15?/m1/s1. The lowest BCUT2D eigenvalue weighted by atomic mass is 9.96. The molecule has 0 saturated carbocycles. The summed E-state index contributed by atoms with van der Waals surface area (Å²) in [4.78, 5) is 24.6. The fraction of sp³-hybridized carbons (Fsp3) is 0.556. The van der Waals surface area contributed by atoms with E-state index in [1.165, 1.54) is 0 Å². The Labute approximate surface area is 150 Å². The first-order valence-corrected chi connectivity index (χ1v) is 8.49. The second-order valence-corrected chi connectivity index (χ2v) is 7.04. The Morgan fingerprint density at radius 3 is 2.31 bits per heavy atom. The predicted molar refractivity (Wildman–Crippen MR) is 89.4 cm³/mol. The number of alkyl halides is 3. The molecule has 0 aliphatic carbocycles. The molecule has 144 valence electrons. The summed E-state index contributed by atoms with van der Waals surface area (Å²) in [6, 6.07) is 8.15. The highest BCUT2D eigenvalue weighted by molar-refractivity contribution is 5.78. The number of amides is 2. The lowest BCUT2D eigenvalue weighted by Crippen LogP contribution is -2.41. The number of carbonyl (C=O) groups excluding carboxylic acids is 1. The van der Waals surface area contributed by atoms with Gasteiger partial charge < -0.3 is 15.3 Å². The molecule has 0 radical (unpaired) electrons. The molecule has 1 aromatic carbocycles. The number of nitrogens with zero attached hydrogens (tertiary/aromatic N) is 1. The Morgan fingerprint density at radius 2 is 1.85 bits per heavy atom. The van der Waals surface area contributed by atoms with Crippen molar-refractivity contribution in [1.82, 2.24) is 10.2 Å². The number of halogens is 3. The summed E-state index contributed by atoms with van der Waals surface area (Å²) in [6.45, 7) is 2.88. The zero-order valence-electron chi connectivity index (χ0n) is 14.7. The van der Waals surface area contributed by atoms with Gasteiger partial charge in [0.15, 0.2) is 0 Å². The van der Waals surface area contributed by atoms with E-state index in [4.69, 9.17) is 5.11 Å². The van der Waals surface area contributed by atoms with E-state index in [9.17, 15) is 22.8 Å². The van der Waals surface area contributed by atoms with Gasteiger partial charge in [0.1, 0.15) is 0 Å². The van der Waals surface area contributed by atoms with E-state index >= 15 is 0 Å². The zero-order valence-corrected chi connectivity index (χ0v) is 14.7. The van der Waals surface area contributed by atoms with Crippen molar-refractivity contribution in [2.75, 3.05) is 13.1 Å². The molecule has 2 amide bonds. The average Bonchev–Trinajstić information content (AvgIpc) is 3.00. The van der Waals surface area contributed by atoms with Gasteiger partial charge >= 0.3 is 18.2 Å². The summed E-state index contributed by atoms with van der Waals surface area (Å²) < 4.78 is 39.3. The number of likely N-dealkylation sites (tertiary alicyclic amines) is 1. The van der Waals surface area contributed by atoms with E-state index in [0.29, 0.717) is 6.42 Å². The second-order valence-electron chi connectivity index (χ2n) is 7.04. The van der Waals surface area contributed by atoms with Crippen LogP contribution >= 0.6 is 0 Å². The summed E-state index contributed by atoms with van der Waals surface area (Å²) in [7, 11) is 0. The number of carboxylic acid groups (broad SMARTS) is 1. The third-order valence-electron chi connectivity index (χ3n) is 4.55. The Hall–Kier alpha value is -2.25. The molecule has 0 bridgehead atoms. The molecule has 8 heteroatoms. The van der Waals surface area contributed by atoms with Gasteiger partial charge in [-0.25, -0.2) is 4.79 Å². The Kier molecular flexibility index (Phi) is 6.15. The van der Waals surface area contributed by atoms with Crippen LogP contribution in [0.5, 0.6) is 0 Å². The third kappa shape index (κ3) is 4.89. The molecular formula is C18H23F3N2O3. The summed E-state index contributed by atoms with van der Waals surface area (Å²) in [5.41, 5.74) is 0.857. The molecule has 2 N–H and O–H groups in total. The molecular weight excluding hydrogens is 349 g/mol. The molecule has 1 unspecified atom stereocenters. The van der Waals surface area contributed by atoms with Crippen LogP contribution in [0.1, 0.15) is 31.9 Å². The molecule has 1 aliphatic heterocycles. The first-order valence-electron chi connectivity index (χ1n) is 8.49. The number of carbonyl (C=O) groups is 2. The van der Waals surface area contributed by atoms with Crippen molar-refractivity contribution in [2.45, 2.75) is 32.5 Å². The van der Waals surface area contributed by atoms with E-state index in [2.05, 4.69) is 5.32 Å². The molecule has 0 aromatic heterocycles. The van der Waals surface area contributed by atoms with Crippen molar-refractivity contribution in [1.29, 1.82) is 0 Å². The fourth-order valence-corrected chi connectivity index (χ4v) is 3.23. The van der Waals surface area contributed by atoms with Crippen molar-refractivity contribution in [3.8, 4) is 0 Å². The number of nitrogens with one attached hydrogen (secondary N) is 1. The normalized spacial score (nSPS) is 21.7. The quantitative estimate of drug-likeness (QED) is 0.828. The smallest absolute Gasteiger partial charge is 0.394 e. The summed E-state index contributed by atoms with van der Waals surface area (Å²) in [6.07, 6.45) is -4.04. The van der Waals surface area contributed by atoms with Crippen LogP contribution in [0.4, 0.5) is 18.0 Å². The van der Waals surface area contributed by atoms with Crippen LogP contribution in [-0.4, -0.2) is 41.3 Å². The van der Waals surface area contributed by atoms with Crippen molar-refractivity contribution in [3.63, 3.8) is 0 Å². The number of benzene rings is 1. The van der Waals surface area contributed by atoms with Gasteiger partial charge in [-0.05, 0) is 17.9 Å². The number of hydrogen-bond donors (Lipinski definition) is 2. The second kappa shape index (κ2) is 7.97. The maximum absolute atomic E-state index is 13.1. The molecule has 5 nitrogen and oxygen atoms in total. The van der Waals surface area contributed by atoms with E-state index < -0.39 is 43.1 Å². The van der Waals surface area contributed by atoms with Gasteiger partial charge in [-0.2, -0.15) is 13.2 Å². The Morgan fingerprint density at radius 1 is 1.23 bits per heavy atom. The third-order valence-corrected chi connectivity index (χ3v) is 4.55. The highest BCUT2D eigenvalue weighted by Gasteiger charge is 2.53. The van der Waals surface area contributed by atoms with Gasteiger partial charge in [0.2, 0.25) is 0 Å².